The standard InChI is InChI=1S/C21H22FN5O4S/c1-27-18(11-23-20(29)13-4-9-16(30-2)17(10-13)31-3)25-26-21(27)32-12-19(28)24-15-7-5-14(22)6-8-15/h4-10H,11-12H2,1-3H3,(H,23,29)(H,24,28). The van der Waals surface area contributed by atoms with E-state index in [0.29, 0.717) is 33.7 Å². The Morgan fingerprint density at radius 3 is 2.47 bits per heavy atom. The number of methoxy groups -OCH3 is 2. The van der Waals surface area contributed by atoms with E-state index in [1.165, 1.54) is 50.2 Å². The minimum absolute atomic E-state index is 0.0986. The number of nitrogens with zero attached hydrogens (tertiary/aromatic N) is 3. The van der Waals surface area contributed by atoms with Gasteiger partial charge < -0.3 is 24.7 Å². The van der Waals surface area contributed by atoms with E-state index in [1.54, 1.807) is 29.8 Å². The van der Waals surface area contributed by atoms with Gasteiger partial charge in [0.1, 0.15) is 5.82 Å². The van der Waals surface area contributed by atoms with Gasteiger partial charge in [0, 0.05) is 18.3 Å². The Balaban J connectivity index is 1.53. The lowest BCUT2D eigenvalue weighted by molar-refractivity contribution is -0.113. The van der Waals surface area contributed by atoms with Crippen LogP contribution in [0, 0.1) is 5.82 Å². The maximum atomic E-state index is 12.9. The van der Waals surface area contributed by atoms with Crippen LogP contribution in [-0.4, -0.2) is 46.6 Å². The molecule has 0 fully saturated rings. The Labute approximate surface area is 188 Å². The molecule has 1 heterocycles. The lowest BCUT2D eigenvalue weighted by Crippen LogP contribution is -2.24. The summed E-state index contributed by atoms with van der Waals surface area (Å²) in [6, 6.07) is 10.4. The largest absolute Gasteiger partial charge is 0.493 e. The van der Waals surface area contributed by atoms with Crippen molar-refractivity contribution in [1.29, 1.82) is 0 Å². The number of hydrogen-bond acceptors (Lipinski definition) is 7. The van der Waals surface area contributed by atoms with Crippen LogP contribution in [0.4, 0.5) is 10.1 Å². The van der Waals surface area contributed by atoms with Crippen LogP contribution < -0.4 is 20.1 Å². The highest BCUT2D eigenvalue weighted by atomic mass is 32.2. The van der Waals surface area contributed by atoms with Gasteiger partial charge in [-0.15, -0.1) is 10.2 Å². The maximum Gasteiger partial charge on any atom is 0.251 e. The van der Waals surface area contributed by atoms with Gasteiger partial charge in [0.25, 0.3) is 5.91 Å². The van der Waals surface area contributed by atoms with Gasteiger partial charge in [0.05, 0.1) is 26.5 Å². The van der Waals surface area contributed by atoms with Crippen LogP contribution in [0.1, 0.15) is 16.2 Å². The monoisotopic (exact) mass is 459 g/mol. The molecule has 0 aliphatic carbocycles. The van der Waals surface area contributed by atoms with Gasteiger partial charge in [-0.2, -0.15) is 0 Å². The third kappa shape index (κ3) is 5.76. The van der Waals surface area contributed by atoms with Gasteiger partial charge in [-0.05, 0) is 42.5 Å². The fourth-order valence-electron chi connectivity index (χ4n) is 2.72. The van der Waals surface area contributed by atoms with Crippen LogP contribution in [0.3, 0.4) is 0 Å². The molecule has 11 heteroatoms. The highest BCUT2D eigenvalue weighted by Gasteiger charge is 2.14. The number of amides is 2. The van der Waals surface area contributed by atoms with Gasteiger partial charge in [0.2, 0.25) is 5.91 Å². The Bertz CT molecular complexity index is 1100. The normalized spacial score (nSPS) is 10.5. The quantitative estimate of drug-likeness (QED) is 0.474. The SMILES string of the molecule is COc1ccc(C(=O)NCc2nnc(SCC(=O)Nc3ccc(F)cc3)n2C)cc1OC. The molecule has 32 heavy (non-hydrogen) atoms. The molecule has 0 bridgehead atoms. The predicted octanol–water partition coefficient (Wildman–Crippen LogP) is 2.63. The van der Waals surface area contributed by atoms with E-state index >= 15 is 0 Å². The summed E-state index contributed by atoms with van der Waals surface area (Å²) in [4.78, 5) is 24.6. The maximum absolute atomic E-state index is 12.9. The third-order valence-electron chi connectivity index (χ3n) is 4.44. The number of thioether (sulfide) groups is 1. The van der Waals surface area contributed by atoms with Crippen LogP contribution in [0.2, 0.25) is 0 Å². The summed E-state index contributed by atoms with van der Waals surface area (Å²) < 4.78 is 25.0. The van der Waals surface area contributed by atoms with Gasteiger partial charge in [-0.3, -0.25) is 9.59 Å². The molecule has 0 radical (unpaired) electrons. The zero-order valence-electron chi connectivity index (χ0n) is 17.7. The highest BCUT2D eigenvalue weighted by molar-refractivity contribution is 7.99. The zero-order chi connectivity index (χ0) is 23.1. The van der Waals surface area contributed by atoms with E-state index in [4.69, 9.17) is 9.47 Å². The van der Waals surface area contributed by atoms with Gasteiger partial charge in [-0.1, -0.05) is 11.8 Å². The van der Waals surface area contributed by atoms with E-state index in [0.717, 1.165) is 0 Å². The number of ether oxygens (including phenoxy) is 2. The molecule has 0 aliphatic rings. The van der Waals surface area contributed by atoms with E-state index in [9.17, 15) is 14.0 Å². The highest BCUT2D eigenvalue weighted by Crippen LogP contribution is 2.27. The first kappa shape index (κ1) is 23.1. The first-order valence-corrected chi connectivity index (χ1v) is 10.5. The van der Waals surface area contributed by atoms with Crippen molar-refractivity contribution in [3.05, 3.63) is 59.7 Å². The average molecular weight is 460 g/mol. The molecular formula is C21H22FN5O4S. The summed E-state index contributed by atoms with van der Waals surface area (Å²) in [5, 5.41) is 14.1. The summed E-state index contributed by atoms with van der Waals surface area (Å²) in [5.41, 5.74) is 0.922. The number of anilines is 1. The topological polar surface area (TPSA) is 107 Å². The fraction of sp³-hybridized carbons (Fsp3) is 0.238. The van der Waals surface area contributed by atoms with Crippen molar-refractivity contribution in [2.45, 2.75) is 11.7 Å². The Morgan fingerprint density at radius 2 is 1.78 bits per heavy atom. The molecule has 1 aromatic heterocycles. The molecule has 9 nitrogen and oxygen atoms in total. The second kappa shape index (κ2) is 10.6. The van der Waals surface area contributed by atoms with Crippen LogP contribution in [0.25, 0.3) is 0 Å². The second-order valence-electron chi connectivity index (χ2n) is 6.55. The molecule has 2 amide bonds. The molecule has 0 aliphatic heterocycles. The van der Waals surface area contributed by atoms with E-state index in [1.807, 2.05) is 0 Å². The van der Waals surface area contributed by atoms with Crippen LogP contribution in [0.15, 0.2) is 47.6 Å². The van der Waals surface area contributed by atoms with Gasteiger partial charge in [-0.25, -0.2) is 4.39 Å². The Hall–Kier alpha value is -3.60. The van der Waals surface area contributed by atoms with Gasteiger partial charge in [0.15, 0.2) is 22.5 Å². The molecule has 3 rings (SSSR count). The van der Waals surface area contributed by atoms with Crippen molar-refractivity contribution < 1.29 is 23.5 Å². The fourth-order valence-corrected chi connectivity index (χ4v) is 3.45. The summed E-state index contributed by atoms with van der Waals surface area (Å²) in [6.07, 6.45) is 0. The zero-order valence-corrected chi connectivity index (χ0v) is 18.5. The average Bonchev–Trinajstić information content (AvgIpc) is 3.16. The van der Waals surface area contributed by atoms with Crippen LogP contribution >= 0.6 is 11.8 Å². The molecule has 0 saturated carbocycles. The third-order valence-corrected chi connectivity index (χ3v) is 5.46. The van der Waals surface area contributed by atoms with Crippen molar-refractivity contribution >= 4 is 29.3 Å². The van der Waals surface area contributed by atoms with Crippen molar-refractivity contribution in [3.8, 4) is 11.5 Å². The summed E-state index contributed by atoms with van der Waals surface area (Å²) in [5.74, 6) is 0.678. The number of benzene rings is 2. The first-order valence-electron chi connectivity index (χ1n) is 9.48. The Kier molecular flexibility index (Phi) is 7.66. The number of aromatic nitrogens is 3. The van der Waals surface area contributed by atoms with Crippen molar-refractivity contribution in [2.75, 3.05) is 25.3 Å². The number of hydrogen-bond donors (Lipinski definition) is 2. The molecule has 3 aromatic rings. The molecule has 0 spiro atoms. The number of rotatable bonds is 9. The van der Waals surface area contributed by atoms with Crippen molar-refractivity contribution in [2.24, 2.45) is 7.05 Å². The number of carbonyl (C=O) groups excluding carboxylic acids is 2. The van der Waals surface area contributed by atoms with E-state index in [2.05, 4.69) is 20.8 Å². The van der Waals surface area contributed by atoms with E-state index in [-0.39, 0.29) is 29.9 Å². The molecule has 0 atom stereocenters. The molecule has 2 aromatic carbocycles. The van der Waals surface area contributed by atoms with Crippen molar-refractivity contribution in [1.82, 2.24) is 20.1 Å². The number of nitrogens with one attached hydrogen (secondary N) is 2. The summed E-state index contributed by atoms with van der Waals surface area (Å²) in [6.45, 7) is 0.152. The predicted molar refractivity (Wildman–Crippen MR) is 117 cm³/mol. The summed E-state index contributed by atoms with van der Waals surface area (Å²) in [7, 11) is 4.77. The Morgan fingerprint density at radius 1 is 1.06 bits per heavy atom. The molecule has 168 valence electrons. The van der Waals surface area contributed by atoms with Gasteiger partial charge >= 0.3 is 0 Å². The lowest BCUT2D eigenvalue weighted by Gasteiger charge is -2.10. The summed E-state index contributed by atoms with van der Waals surface area (Å²) >= 11 is 1.20. The smallest absolute Gasteiger partial charge is 0.251 e. The molecule has 2 N–H and O–H groups in total. The minimum Gasteiger partial charge on any atom is -0.493 e. The lowest BCUT2D eigenvalue weighted by atomic mass is 10.2. The minimum atomic E-state index is -0.373. The van der Waals surface area contributed by atoms with Crippen molar-refractivity contribution in [3.63, 3.8) is 0 Å². The molecule has 0 unspecified atom stereocenters. The molecule has 0 saturated heterocycles. The number of halogens is 1. The van der Waals surface area contributed by atoms with E-state index < -0.39 is 0 Å². The second-order valence-corrected chi connectivity index (χ2v) is 7.50. The first-order chi connectivity index (χ1) is 15.4. The van der Waals surface area contributed by atoms with Crippen LogP contribution in [-0.2, 0) is 18.4 Å². The van der Waals surface area contributed by atoms with Crippen LogP contribution in [0.5, 0.6) is 11.5 Å². The number of carbonyl (C=O) groups is 2. The molecular weight excluding hydrogens is 437 g/mol.